The van der Waals surface area contributed by atoms with Gasteiger partial charge in [0.1, 0.15) is 17.4 Å². The Morgan fingerprint density at radius 3 is 2.57 bits per heavy atom. The summed E-state index contributed by atoms with van der Waals surface area (Å²) in [5, 5.41) is 43.0. The van der Waals surface area contributed by atoms with Crippen LogP contribution in [-0.4, -0.2) is 70.8 Å². The molecule has 0 aliphatic heterocycles. The maximum atomic E-state index is 13.4. The second-order valence-corrected chi connectivity index (χ2v) is 11.0. The molecule has 2 unspecified atom stereocenters. The summed E-state index contributed by atoms with van der Waals surface area (Å²) in [6.07, 6.45) is -0.535. The first kappa shape index (κ1) is 24.9. The molecule has 35 heavy (non-hydrogen) atoms. The molecule has 1 aromatic carbocycles. The van der Waals surface area contributed by atoms with E-state index in [4.69, 9.17) is 5.73 Å². The number of nitrogens with one attached hydrogen (secondary N) is 1. The first-order chi connectivity index (χ1) is 16.3. The SMILES string of the molecule is CS(=O)(=O)NCC#Cc1ccc(O)c2c1C[C@H]1C[C@H]3CC(O)C(C(N)=O)C(=O)[C@@]3(O)C(=O)C1=C2O. The molecule has 0 radical (unpaired) electrons. The molecule has 7 N–H and O–H groups in total. The lowest BCUT2D eigenvalue weighted by Gasteiger charge is -2.48. The van der Waals surface area contributed by atoms with Crippen molar-refractivity contribution in [3.63, 3.8) is 0 Å². The van der Waals surface area contributed by atoms with E-state index in [1.807, 2.05) is 0 Å². The Labute approximate surface area is 200 Å². The van der Waals surface area contributed by atoms with Crippen molar-refractivity contribution in [3.05, 3.63) is 34.4 Å². The van der Waals surface area contributed by atoms with Crippen LogP contribution in [0.4, 0.5) is 0 Å². The van der Waals surface area contributed by atoms with E-state index in [9.17, 15) is 43.2 Å². The summed E-state index contributed by atoms with van der Waals surface area (Å²) in [5.74, 6) is -2.41. The molecule has 186 valence electrons. The minimum absolute atomic E-state index is 0.0352. The summed E-state index contributed by atoms with van der Waals surface area (Å²) in [6.45, 7) is -0.167. The van der Waals surface area contributed by atoms with Gasteiger partial charge in [-0.3, -0.25) is 14.4 Å². The highest BCUT2D eigenvalue weighted by Crippen LogP contribution is 2.51. The fraction of sp³-hybridized carbons (Fsp3) is 0.435. The number of sulfonamides is 1. The zero-order valence-electron chi connectivity index (χ0n) is 18.6. The van der Waals surface area contributed by atoms with Crippen molar-refractivity contribution >= 4 is 33.3 Å². The van der Waals surface area contributed by atoms with Crippen LogP contribution in [0, 0.1) is 29.6 Å². The number of fused-ring (bicyclic) bond motifs is 3. The van der Waals surface area contributed by atoms with E-state index in [1.54, 1.807) is 0 Å². The maximum Gasteiger partial charge on any atom is 0.230 e. The molecule has 5 atom stereocenters. The Balaban J connectivity index is 1.78. The molecule has 2 saturated carbocycles. The van der Waals surface area contributed by atoms with Gasteiger partial charge in [-0.05, 0) is 42.9 Å². The van der Waals surface area contributed by atoms with Crippen molar-refractivity contribution in [2.45, 2.75) is 31.0 Å². The summed E-state index contributed by atoms with van der Waals surface area (Å²) >= 11 is 0. The van der Waals surface area contributed by atoms with Crippen molar-refractivity contribution in [3.8, 4) is 17.6 Å². The molecule has 11 nitrogen and oxygen atoms in total. The second-order valence-electron chi connectivity index (χ2n) is 9.12. The van der Waals surface area contributed by atoms with E-state index in [-0.39, 0.29) is 42.7 Å². The minimum Gasteiger partial charge on any atom is -0.507 e. The van der Waals surface area contributed by atoms with Gasteiger partial charge in [-0.1, -0.05) is 11.8 Å². The third kappa shape index (κ3) is 4.00. The monoisotopic (exact) mass is 504 g/mol. The lowest BCUT2D eigenvalue weighted by atomic mass is 9.56. The predicted octanol–water partition coefficient (Wildman–Crippen LogP) is -1.51. The first-order valence-electron chi connectivity index (χ1n) is 10.8. The number of benzene rings is 1. The van der Waals surface area contributed by atoms with E-state index in [0.717, 1.165) is 6.26 Å². The van der Waals surface area contributed by atoms with Crippen molar-refractivity contribution < 1.29 is 43.2 Å². The highest BCUT2D eigenvalue weighted by Gasteiger charge is 2.63. The molecule has 0 spiro atoms. The molecule has 1 aromatic rings. The van der Waals surface area contributed by atoms with Crippen molar-refractivity contribution in [2.24, 2.45) is 23.5 Å². The van der Waals surface area contributed by atoms with E-state index >= 15 is 0 Å². The molecular formula is C23H24N2O9S. The van der Waals surface area contributed by atoms with Crippen LogP contribution in [0.15, 0.2) is 17.7 Å². The molecule has 0 aromatic heterocycles. The fourth-order valence-electron chi connectivity index (χ4n) is 5.35. The van der Waals surface area contributed by atoms with E-state index < -0.39 is 62.7 Å². The molecule has 0 saturated heterocycles. The van der Waals surface area contributed by atoms with Crippen molar-refractivity contribution in [1.82, 2.24) is 4.72 Å². The number of primary amides is 1. The molecule has 2 fully saturated rings. The van der Waals surface area contributed by atoms with E-state index in [0.29, 0.717) is 11.1 Å². The Morgan fingerprint density at radius 1 is 1.26 bits per heavy atom. The number of aromatic hydroxyl groups is 1. The Bertz CT molecular complexity index is 1350. The number of amides is 1. The zero-order valence-corrected chi connectivity index (χ0v) is 19.4. The van der Waals surface area contributed by atoms with Gasteiger partial charge in [0, 0.05) is 17.1 Å². The summed E-state index contributed by atoms with van der Waals surface area (Å²) in [5.41, 5.74) is 3.06. The van der Waals surface area contributed by atoms with Gasteiger partial charge in [-0.15, -0.1) is 0 Å². The first-order valence-corrected chi connectivity index (χ1v) is 12.7. The van der Waals surface area contributed by atoms with E-state index in [1.165, 1.54) is 12.1 Å². The number of aliphatic hydroxyl groups excluding tert-OH is 2. The average Bonchev–Trinajstić information content (AvgIpc) is 2.74. The zero-order chi connectivity index (χ0) is 25.9. The fourth-order valence-corrected chi connectivity index (χ4v) is 5.68. The molecular weight excluding hydrogens is 480 g/mol. The summed E-state index contributed by atoms with van der Waals surface area (Å²) in [7, 11) is -3.45. The molecule has 0 heterocycles. The van der Waals surface area contributed by atoms with Crippen LogP contribution < -0.4 is 10.5 Å². The van der Waals surface area contributed by atoms with Crippen LogP contribution in [0.5, 0.6) is 5.75 Å². The number of aliphatic hydroxyl groups is 3. The Kier molecular flexibility index (Phi) is 6.01. The molecule has 3 aliphatic rings. The number of hydrogen-bond acceptors (Lipinski definition) is 9. The van der Waals surface area contributed by atoms with Gasteiger partial charge in [0.25, 0.3) is 0 Å². The highest BCUT2D eigenvalue weighted by atomic mass is 32.2. The lowest BCUT2D eigenvalue weighted by Crippen LogP contribution is -2.66. The standard InChI is InChI=1S/C23H24N2O9S/c1-35(33,34)25-6-2-3-10-4-5-14(26)17-13(10)8-11-7-12-9-15(27)18(22(24)31)21(30)23(12,32)20(29)16(11)19(17)28/h4-5,11-12,15,18,25-28,32H,6-9H2,1H3,(H2,24,31)/t11-,12+,15?,18?,23+/m1/s1. The normalized spacial score (nSPS) is 30.0. The highest BCUT2D eigenvalue weighted by molar-refractivity contribution is 7.88. The number of phenols is 1. The van der Waals surface area contributed by atoms with Gasteiger partial charge in [-0.2, -0.15) is 0 Å². The predicted molar refractivity (Wildman–Crippen MR) is 121 cm³/mol. The van der Waals surface area contributed by atoms with Gasteiger partial charge in [0.05, 0.1) is 24.5 Å². The van der Waals surface area contributed by atoms with Crippen molar-refractivity contribution in [1.29, 1.82) is 0 Å². The number of hydrogen-bond donors (Lipinski definition) is 6. The van der Waals surface area contributed by atoms with Gasteiger partial charge >= 0.3 is 0 Å². The number of Topliss-reactive ketones (excluding diaryl/α,β-unsaturated/α-hetero) is 2. The Hall–Kier alpha value is -3.24. The number of ketones is 2. The summed E-state index contributed by atoms with van der Waals surface area (Å²) < 4.78 is 24.7. The average molecular weight is 505 g/mol. The molecule has 3 aliphatic carbocycles. The quantitative estimate of drug-likeness (QED) is 0.209. The van der Waals surface area contributed by atoms with Gasteiger partial charge < -0.3 is 26.2 Å². The summed E-state index contributed by atoms with van der Waals surface area (Å²) in [6, 6.07) is 2.74. The van der Waals surface area contributed by atoms with Crippen LogP contribution >= 0.6 is 0 Å². The number of carbonyl (C=O) groups excluding carboxylic acids is 3. The minimum atomic E-state index is -3.45. The van der Waals surface area contributed by atoms with Crippen molar-refractivity contribution in [2.75, 3.05) is 12.8 Å². The summed E-state index contributed by atoms with van der Waals surface area (Å²) in [4.78, 5) is 38.1. The number of phenolic OH excluding ortho intramolecular Hbond substituents is 1. The number of carbonyl (C=O) groups is 3. The van der Waals surface area contributed by atoms with Gasteiger partial charge in [0.2, 0.25) is 21.7 Å². The van der Waals surface area contributed by atoms with E-state index in [2.05, 4.69) is 16.6 Å². The third-order valence-electron chi connectivity index (χ3n) is 6.91. The van der Waals surface area contributed by atoms with Crippen LogP contribution in [0.1, 0.15) is 29.5 Å². The molecule has 12 heteroatoms. The Morgan fingerprint density at radius 2 is 1.94 bits per heavy atom. The maximum absolute atomic E-state index is 13.4. The van der Waals surface area contributed by atoms with Crippen LogP contribution in [0.3, 0.4) is 0 Å². The van der Waals surface area contributed by atoms with Crippen LogP contribution in [0.25, 0.3) is 5.76 Å². The number of rotatable bonds is 3. The third-order valence-corrected chi connectivity index (χ3v) is 7.58. The smallest absolute Gasteiger partial charge is 0.230 e. The molecule has 4 rings (SSSR count). The second kappa shape index (κ2) is 8.46. The molecule has 0 bridgehead atoms. The number of nitrogens with two attached hydrogens (primary N) is 1. The lowest BCUT2D eigenvalue weighted by molar-refractivity contribution is -0.174. The largest absolute Gasteiger partial charge is 0.507 e. The van der Waals surface area contributed by atoms with Crippen LogP contribution in [0.2, 0.25) is 0 Å². The van der Waals surface area contributed by atoms with Gasteiger partial charge in [-0.25, -0.2) is 13.1 Å². The topological polar surface area (TPSA) is 204 Å². The van der Waals surface area contributed by atoms with Crippen LogP contribution in [-0.2, 0) is 30.8 Å². The van der Waals surface area contributed by atoms with Gasteiger partial charge in [0.15, 0.2) is 11.4 Å². The molecule has 1 amide bonds.